The molecule has 0 heterocycles. The van der Waals surface area contributed by atoms with Gasteiger partial charge in [0.2, 0.25) is 0 Å². The molecule has 1 amide bonds. The van der Waals surface area contributed by atoms with E-state index in [0.29, 0.717) is 18.5 Å². The normalized spacial score (nSPS) is 12.0. The lowest BCUT2D eigenvalue weighted by molar-refractivity contribution is -0.151. The number of ether oxygens (including phenoxy) is 1. The molecule has 0 saturated heterocycles. The number of benzene rings is 2. The number of hydrazine groups is 1. The monoisotopic (exact) mass is 450 g/mol. The lowest BCUT2D eigenvalue weighted by Crippen LogP contribution is -2.53. The first-order chi connectivity index (χ1) is 15.8. The number of rotatable bonds is 11. The Morgan fingerprint density at radius 3 is 2.00 bits per heavy atom. The standard InChI is InChI=1S/C26H34N4O3/c1-6-22(23(28-27)26(32)33-24(18(2)3)19(4)5)30(17-20-13-9-7-10-14-20)29-25(31)21-15-11-8-12-16-21/h7-16,18-19,22,24H,6,17H2,1-5H3,(H,29,31). The molecule has 176 valence electrons. The maximum Gasteiger partial charge on any atom is 0.419 e. The Morgan fingerprint density at radius 2 is 1.52 bits per heavy atom. The zero-order valence-electron chi connectivity index (χ0n) is 20.1. The van der Waals surface area contributed by atoms with Gasteiger partial charge in [0, 0.05) is 12.1 Å². The van der Waals surface area contributed by atoms with Crippen molar-refractivity contribution in [2.75, 3.05) is 0 Å². The smallest absolute Gasteiger partial charge is 0.419 e. The van der Waals surface area contributed by atoms with Gasteiger partial charge in [-0.05, 0) is 36.0 Å². The van der Waals surface area contributed by atoms with E-state index in [0.717, 1.165) is 5.56 Å². The van der Waals surface area contributed by atoms with Gasteiger partial charge in [0.05, 0.1) is 0 Å². The molecular formula is C26H34N4O3. The molecule has 0 radical (unpaired) electrons. The predicted octanol–water partition coefficient (Wildman–Crippen LogP) is 4.51. The average molecular weight is 451 g/mol. The summed E-state index contributed by atoms with van der Waals surface area (Å²) in [6.07, 6.45) is 0.0815. The lowest BCUT2D eigenvalue weighted by atomic mass is 9.96. The van der Waals surface area contributed by atoms with Crippen molar-refractivity contribution in [1.29, 1.82) is 0 Å². The van der Waals surface area contributed by atoms with Crippen LogP contribution in [0.4, 0.5) is 0 Å². The summed E-state index contributed by atoms with van der Waals surface area (Å²) >= 11 is 0. The van der Waals surface area contributed by atoms with E-state index in [2.05, 4.69) is 10.2 Å². The van der Waals surface area contributed by atoms with Crippen LogP contribution in [0.3, 0.4) is 0 Å². The quantitative estimate of drug-likeness (QED) is 0.179. The zero-order valence-corrected chi connectivity index (χ0v) is 20.1. The fourth-order valence-corrected chi connectivity index (χ4v) is 3.82. The largest absolute Gasteiger partial charge is 0.453 e. The predicted molar refractivity (Wildman–Crippen MR) is 128 cm³/mol. The Hall–Kier alpha value is -3.28. The molecule has 1 N–H and O–H groups in total. The number of hydrogen-bond donors (Lipinski definition) is 1. The molecule has 0 bridgehead atoms. The number of esters is 1. The molecule has 33 heavy (non-hydrogen) atoms. The summed E-state index contributed by atoms with van der Waals surface area (Å²) in [5.41, 5.74) is 14.0. The maximum atomic E-state index is 13.1. The number of carbonyl (C=O) groups excluding carboxylic acids is 2. The minimum absolute atomic E-state index is 0.104. The first-order valence-electron chi connectivity index (χ1n) is 11.4. The van der Waals surface area contributed by atoms with Gasteiger partial charge in [-0.25, -0.2) is 9.80 Å². The molecule has 2 aromatic carbocycles. The van der Waals surface area contributed by atoms with Gasteiger partial charge in [0.1, 0.15) is 12.1 Å². The number of nitrogens with zero attached hydrogens (tertiary/aromatic N) is 3. The Kier molecular flexibility index (Phi) is 9.98. The van der Waals surface area contributed by atoms with Crippen molar-refractivity contribution in [1.82, 2.24) is 10.4 Å². The highest BCUT2D eigenvalue weighted by Gasteiger charge is 2.39. The molecule has 0 spiro atoms. The topological polar surface area (TPSA) is 95.0 Å². The van der Waals surface area contributed by atoms with Crippen molar-refractivity contribution >= 4 is 17.6 Å². The van der Waals surface area contributed by atoms with E-state index in [1.807, 2.05) is 71.0 Å². The van der Waals surface area contributed by atoms with Crippen LogP contribution in [0.1, 0.15) is 57.0 Å². The first-order valence-corrected chi connectivity index (χ1v) is 11.4. The van der Waals surface area contributed by atoms with Crippen molar-refractivity contribution < 1.29 is 19.1 Å². The van der Waals surface area contributed by atoms with E-state index in [-0.39, 0.29) is 29.6 Å². The summed E-state index contributed by atoms with van der Waals surface area (Å²) in [5, 5.41) is 1.63. The van der Waals surface area contributed by atoms with Crippen LogP contribution >= 0.6 is 0 Å². The van der Waals surface area contributed by atoms with Crippen molar-refractivity contribution in [3.05, 3.63) is 77.3 Å². The summed E-state index contributed by atoms with van der Waals surface area (Å²) in [5.74, 6) is -0.805. The van der Waals surface area contributed by atoms with E-state index in [9.17, 15) is 15.1 Å². The minimum Gasteiger partial charge on any atom is -0.453 e. The second kappa shape index (κ2) is 12.7. The SMILES string of the molecule is CCC(C(=[N+]=[N-])C(=O)OC(C(C)C)C(C)C)N(Cc1ccccc1)NC(=O)c1ccccc1. The van der Waals surface area contributed by atoms with E-state index in [1.165, 1.54) is 0 Å². The zero-order chi connectivity index (χ0) is 24.4. The lowest BCUT2D eigenvalue weighted by Gasteiger charge is -2.29. The van der Waals surface area contributed by atoms with Crippen LogP contribution in [-0.4, -0.2) is 39.5 Å². The highest BCUT2D eigenvalue weighted by molar-refractivity contribution is 6.36. The van der Waals surface area contributed by atoms with Gasteiger partial charge in [-0.15, -0.1) is 0 Å². The van der Waals surface area contributed by atoms with Crippen LogP contribution < -0.4 is 5.43 Å². The molecule has 2 rings (SSSR count). The molecule has 0 fully saturated rings. The van der Waals surface area contributed by atoms with Gasteiger partial charge in [0.25, 0.3) is 5.91 Å². The summed E-state index contributed by atoms with van der Waals surface area (Å²) in [6.45, 7) is 10.1. The molecule has 0 aliphatic heterocycles. The minimum atomic E-state index is -0.699. The highest BCUT2D eigenvalue weighted by atomic mass is 16.5. The fourth-order valence-electron chi connectivity index (χ4n) is 3.82. The summed E-state index contributed by atoms with van der Waals surface area (Å²) < 4.78 is 5.73. The number of carbonyl (C=O) groups is 2. The van der Waals surface area contributed by atoms with Gasteiger partial charge in [-0.2, -0.15) is 4.79 Å². The summed E-state index contributed by atoms with van der Waals surface area (Å²) in [6, 6.07) is 17.7. The maximum absolute atomic E-state index is 13.1. The van der Waals surface area contributed by atoms with Crippen LogP contribution in [0.5, 0.6) is 0 Å². The molecule has 1 unspecified atom stereocenters. The van der Waals surface area contributed by atoms with Gasteiger partial charge in [-0.1, -0.05) is 83.1 Å². The van der Waals surface area contributed by atoms with Crippen LogP contribution in [-0.2, 0) is 16.1 Å². The van der Waals surface area contributed by atoms with E-state index < -0.39 is 12.0 Å². The fraction of sp³-hybridized carbons (Fsp3) is 0.423. The third-order valence-electron chi connectivity index (χ3n) is 5.43. The van der Waals surface area contributed by atoms with Crippen LogP contribution in [0.2, 0.25) is 0 Å². The van der Waals surface area contributed by atoms with Gasteiger partial charge in [0.15, 0.2) is 0 Å². The number of nitrogens with one attached hydrogen (secondary N) is 1. The van der Waals surface area contributed by atoms with Crippen molar-refractivity contribution in [2.45, 2.75) is 59.7 Å². The third kappa shape index (κ3) is 7.38. The number of amides is 1. The Bertz CT molecular complexity index is 946. The Morgan fingerprint density at radius 1 is 0.970 bits per heavy atom. The molecule has 7 heteroatoms. The van der Waals surface area contributed by atoms with E-state index in [4.69, 9.17) is 4.74 Å². The first kappa shape index (κ1) is 26.0. The highest BCUT2D eigenvalue weighted by Crippen LogP contribution is 2.18. The van der Waals surface area contributed by atoms with Crippen molar-refractivity contribution in [2.24, 2.45) is 11.8 Å². The van der Waals surface area contributed by atoms with Crippen molar-refractivity contribution in [3.63, 3.8) is 0 Å². The Labute approximate surface area is 196 Å². The molecule has 2 aromatic rings. The molecule has 0 aliphatic rings. The Balaban J connectivity index is 2.35. The average Bonchev–Trinajstić information content (AvgIpc) is 2.81. The van der Waals surface area contributed by atoms with Gasteiger partial charge >= 0.3 is 11.7 Å². The van der Waals surface area contributed by atoms with Gasteiger partial charge < -0.3 is 10.3 Å². The molecular weight excluding hydrogens is 416 g/mol. The van der Waals surface area contributed by atoms with E-state index >= 15 is 0 Å². The van der Waals surface area contributed by atoms with Crippen molar-refractivity contribution in [3.8, 4) is 0 Å². The second-order valence-corrected chi connectivity index (χ2v) is 8.69. The molecule has 7 nitrogen and oxygen atoms in total. The number of hydrogen-bond acceptors (Lipinski definition) is 4. The molecule has 0 aromatic heterocycles. The molecule has 0 saturated carbocycles. The van der Waals surface area contributed by atoms with Crippen LogP contribution in [0.25, 0.3) is 5.53 Å². The van der Waals surface area contributed by atoms with Crippen LogP contribution in [0.15, 0.2) is 60.7 Å². The van der Waals surface area contributed by atoms with E-state index in [1.54, 1.807) is 29.3 Å². The summed E-state index contributed by atoms with van der Waals surface area (Å²) in [7, 11) is 0. The van der Waals surface area contributed by atoms with Crippen LogP contribution in [0, 0.1) is 11.8 Å². The third-order valence-corrected chi connectivity index (χ3v) is 5.43. The molecule has 1 atom stereocenters. The second-order valence-electron chi connectivity index (χ2n) is 8.69. The molecule has 0 aliphatic carbocycles. The summed E-state index contributed by atoms with van der Waals surface area (Å²) in [4.78, 5) is 29.3. The van der Waals surface area contributed by atoms with Gasteiger partial charge in [-0.3, -0.25) is 10.2 Å².